The van der Waals surface area contributed by atoms with Crippen LogP contribution in [0.25, 0.3) is 0 Å². The average Bonchev–Trinajstić information content (AvgIpc) is 1.83. The van der Waals surface area contributed by atoms with Crippen LogP contribution in [0.1, 0.15) is 0 Å². The minimum atomic E-state index is -0.365. The van der Waals surface area contributed by atoms with Gasteiger partial charge in [0.25, 0.3) is 0 Å². The molecular weight excluding hydrogens is 105 g/mol. The third-order valence-electron chi connectivity index (χ3n) is 0.578. The van der Waals surface area contributed by atoms with Crippen LogP contribution in [-0.2, 0) is 0 Å². The number of hydrogen-bond acceptors (Lipinski definition) is 1. The van der Waals surface area contributed by atoms with Crippen LogP contribution in [0.5, 0.6) is 0 Å². The van der Waals surface area contributed by atoms with E-state index in [4.69, 9.17) is 0 Å². The van der Waals surface area contributed by atoms with E-state index >= 15 is 0 Å². The van der Waals surface area contributed by atoms with Crippen LogP contribution in [0, 0.1) is 0 Å². The molecule has 0 atom stereocenters. The SMILES string of the molecule is C=C/C(F)=C\C=NC. The van der Waals surface area contributed by atoms with Crippen molar-refractivity contribution in [1.29, 1.82) is 0 Å². The Morgan fingerprint density at radius 2 is 2.38 bits per heavy atom. The van der Waals surface area contributed by atoms with E-state index in [2.05, 4.69) is 11.6 Å². The molecular formula is C6H8FN. The molecule has 0 amide bonds. The quantitative estimate of drug-likeness (QED) is 0.382. The molecule has 0 unspecified atom stereocenters. The van der Waals surface area contributed by atoms with E-state index in [1.54, 1.807) is 7.05 Å². The standard InChI is InChI=1S/C6H8FN/c1-3-6(7)4-5-8-2/h3-5H,1H2,2H3/b6-4+,8-5?. The molecule has 0 aromatic heterocycles. The molecule has 0 rings (SSSR count). The second-order valence-electron chi connectivity index (χ2n) is 1.16. The monoisotopic (exact) mass is 113 g/mol. The van der Waals surface area contributed by atoms with Gasteiger partial charge in [-0.2, -0.15) is 0 Å². The summed E-state index contributed by atoms with van der Waals surface area (Å²) in [5, 5.41) is 0. The third-order valence-corrected chi connectivity index (χ3v) is 0.578. The molecule has 0 aromatic rings. The van der Waals surface area contributed by atoms with Crippen LogP contribution in [0.15, 0.2) is 29.6 Å². The summed E-state index contributed by atoms with van der Waals surface area (Å²) in [6, 6.07) is 0. The molecule has 8 heavy (non-hydrogen) atoms. The first-order valence-corrected chi connectivity index (χ1v) is 2.21. The van der Waals surface area contributed by atoms with E-state index in [1.807, 2.05) is 0 Å². The Labute approximate surface area is 48.2 Å². The molecule has 1 nitrogen and oxygen atoms in total. The van der Waals surface area contributed by atoms with Gasteiger partial charge in [-0.25, -0.2) is 4.39 Å². The first kappa shape index (κ1) is 7.08. The lowest BCUT2D eigenvalue weighted by Crippen LogP contribution is -1.65. The van der Waals surface area contributed by atoms with Crippen LogP contribution in [-0.4, -0.2) is 13.3 Å². The maximum Gasteiger partial charge on any atom is 0.124 e. The van der Waals surface area contributed by atoms with Crippen LogP contribution >= 0.6 is 0 Å². The van der Waals surface area contributed by atoms with Crippen LogP contribution < -0.4 is 0 Å². The molecule has 0 saturated carbocycles. The highest BCUT2D eigenvalue weighted by Crippen LogP contribution is 1.92. The van der Waals surface area contributed by atoms with Crippen molar-refractivity contribution in [3.63, 3.8) is 0 Å². The fourth-order valence-electron chi connectivity index (χ4n) is 0.214. The lowest BCUT2D eigenvalue weighted by atomic mass is 10.5. The van der Waals surface area contributed by atoms with Gasteiger partial charge in [-0.1, -0.05) is 6.58 Å². The zero-order valence-electron chi connectivity index (χ0n) is 4.76. The molecule has 0 spiro atoms. The second-order valence-corrected chi connectivity index (χ2v) is 1.16. The van der Waals surface area contributed by atoms with Gasteiger partial charge >= 0.3 is 0 Å². The highest BCUT2D eigenvalue weighted by atomic mass is 19.1. The predicted octanol–water partition coefficient (Wildman–Crippen LogP) is 1.73. The molecule has 0 aliphatic carbocycles. The largest absolute Gasteiger partial charge is 0.296 e. The molecule has 0 fully saturated rings. The molecule has 44 valence electrons. The zero-order valence-corrected chi connectivity index (χ0v) is 4.76. The number of hydrogen-bond donors (Lipinski definition) is 0. The number of rotatable bonds is 2. The van der Waals surface area contributed by atoms with Gasteiger partial charge in [-0.05, 0) is 12.2 Å². The van der Waals surface area contributed by atoms with Crippen molar-refractivity contribution < 1.29 is 4.39 Å². The average molecular weight is 113 g/mol. The van der Waals surface area contributed by atoms with E-state index in [0.29, 0.717) is 0 Å². The van der Waals surface area contributed by atoms with Gasteiger partial charge in [0.1, 0.15) is 5.83 Å². The van der Waals surface area contributed by atoms with Crippen LogP contribution in [0.3, 0.4) is 0 Å². The normalized spacial score (nSPS) is 12.5. The summed E-state index contributed by atoms with van der Waals surface area (Å²) in [6.07, 6.45) is 3.74. The van der Waals surface area contributed by atoms with Crippen molar-refractivity contribution in [3.05, 3.63) is 24.6 Å². The van der Waals surface area contributed by atoms with E-state index in [1.165, 1.54) is 12.3 Å². The molecule has 0 aliphatic heterocycles. The Balaban J connectivity index is 3.74. The minimum absolute atomic E-state index is 0.365. The topological polar surface area (TPSA) is 12.4 Å². The van der Waals surface area contributed by atoms with Gasteiger partial charge < -0.3 is 0 Å². The van der Waals surface area contributed by atoms with E-state index < -0.39 is 0 Å². The van der Waals surface area contributed by atoms with Crippen molar-refractivity contribution >= 4 is 6.21 Å². The Morgan fingerprint density at radius 3 is 2.75 bits per heavy atom. The first-order valence-electron chi connectivity index (χ1n) is 2.21. The maximum atomic E-state index is 12.0. The van der Waals surface area contributed by atoms with Crippen LogP contribution in [0.2, 0.25) is 0 Å². The van der Waals surface area contributed by atoms with E-state index in [0.717, 1.165) is 6.08 Å². The Kier molecular flexibility index (Phi) is 3.76. The van der Waals surface area contributed by atoms with E-state index in [-0.39, 0.29) is 5.83 Å². The summed E-state index contributed by atoms with van der Waals surface area (Å²) >= 11 is 0. The van der Waals surface area contributed by atoms with Gasteiger partial charge in [0.15, 0.2) is 0 Å². The Bertz CT molecular complexity index is 124. The molecule has 0 aromatic carbocycles. The Hall–Kier alpha value is -0.920. The van der Waals surface area contributed by atoms with Gasteiger partial charge in [0.05, 0.1) is 0 Å². The molecule has 0 N–H and O–H groups in total. The second kappa shape index (κ2) is 4.24. The first-order chi connectivity index (χ1) is 3.81. The van der Waals surface area contributed by atoms with Gasteiger partial charge in [-0.15, -0.1) is 0 Å². The molecule has 0 radical (unpaired) electrons. The molecule has 2 heteroatoms. The number of nitrogens with zero attached hydrogens (tertiary/aromatic N) is 1. The van der Waals surface area contributed by atoms with Gasteiger partial charge in [0.2, 0.25) is 0 Å². The van der Waals surface area contributed by atoms with Crippen molar-refractivity contribution in [2.24, 2.45) is 4.99 Å². The fourth-order valence-corrected chi connectivity index (χ4v) is 0.214. The number of aliphatic imine (C=N–C) groups is 1. The summed E-state index contributed by atoms with van der Waals surface area (Å²) in [5.74, 6) is -0.365. The fraction of sp³-hybridized carbons (Fsp3) is 0.167. The van der Waals surface area contributed by atoms with Gasteiger partial charge in [-0.3, -0.25) is 4.99 Å². The summed E-state index contributed by atoms with van der Waals surface area (Å²) < 4.78 is 12.0. The summed E-state index contributed by atoms with van der Waals surface area (Å²) in [7, 11) is 1.58. The summed E-state index contributed by atoms with van der Waals surface area (Å²) in [6.45, 7) is 3.21. The molecule has 0 saturated heterocycles. The number of halogens is 1. The summed E-state index contributed by atoms with van der Waals surface area (Å²) in [4.78, 5) is 3.53. The molecule has 0 bridgehead atoms. The Morgan fingerprint density at radius 1 is 1.75 bits per heavy atom. The van der Waals surface area contributed by atoms with E-state index in [9.17, 15) is 4.39 Å². The third kappa shape index (κ3) is 3.28. The smallest absolute Gasteiger partial charge is 0.124 e. The molecule has 0 heterocycles. The van der Waals surface area contributed by atoms with Crippen molar-refractivity contribution in [2.45, 2.75) is 0 Å². The van der Waals surface area contributed by atoms with Crippen LogP contribution in [0.4, 0.5) is 4.39 Å². The van der Waals surface area contributed by atoms with Gasteiger partial charge in [0, 0.05) is 13.3 Å². The highest BCUT2D eigenvalue weighted by molar-refractivity contribution is 5.72. The minimum Gasteiger partial charge on any atom is -0.296 e. The zero-order chi connectivity index (χ0) is 6.41. The summed E-state index contributed by atoms with van der Waals surface area (Å²) in [5.41, 5.74) is 0. The van der Waals surface area contributed by atoms with Crippen molar-refractivity contribution in [2.75, 3.05) is 7.05 Å². The number of allylic oxidation sites excluding steroid dienone is 3. The highest BCUT2D eigenvalue weighted by Gasteiger charge is 1.76. The predicted molar refractivity (Wildman–Crippen MR) is 33.8 cm³/mol. The van der Waals surface area contributed by atoms with Crippen molar-refractivity contribution in [1.82, 2.24) is 0 Å². The molecule has 0 aliphatic rings. The van der Waals surface area contributed by atoms with Crippen molar-refractivity contribution in [3.8, 4) is 0 Å². The lowest BCUT2D eigenvalue weighted by Gasteiger charge is -1.76. The lowest BCUT2D eigenvalue weighted by molar-refractivity contribution is 0.669. The maximum absolute atomic E-state index is 12.0.